The van der Waals surface area contributed by atoms with E-state index in [4.69, 9.17) is 9.79 Å². The number of allylic oxidation sites excluding steroid dienone is 2. The number of hydrogen-bond acceptors (Lipinski definition) is 10. The lowest BCUT2D eigenvalue weighted by Gasteiger charge is -2.16. The van der Waals surface area contributed by atoms with Crippen LogP contribution in [0.3, 0.4) is 0 Å². The van der Waals surface area contributed by atoms with Gasteiger partial charge in [0.1, 0.15) is 0 Å². The quantitative estimate of drug-likeness (QED) is 0.0560. The molecule has 18 heteroatoms. The van der Waals surface area contributed by atoms with Gasteiger partial charge in [-0.15, -0.1) is 0 Å². The van der Waals surface area contributed by atoms with Gasteiger partial charge in [-0.3, -0.25) is 9.32 Å². The van der Waals surface area contributed by atoms with Crippen LogP contribution in [0.1, 0.15) is 52.4 Å². The standard InChI is InChI=1S/C20H35N3O9P2S.3H3N/c1-14(10-11-31-34(29,30)32-33(26,27)28)6-5-7-15(2)12-21-18(24)9-4-3-8-17-19-16(13-35-17)22-20(25)23-19;;;/h7,10,16-17,19H,3-6,8-9,11-13H2,1-2H3,(H,21,24)(H,29,30)(H2,22,23,25)(H2,26,27,28);3*1H3/b14-10+,15-7+;;;/t16-,17-,19-;;;/m0.../s1. The molecule has 1 unspecified atom stereocenters. The lowest BCUT2D eigenvalue weighted by molar-refractivity contribution is -0.121. The highest BCUT2D eigenvalue weighted by Crippen LogP contribution is 2.57. The van der Waals surface area contributed by atoms with Crippen molar-refractivity contribution in [2.75, 3.05) is 18.9 Å². The lowest BCUT2D eigenvalue weighted by atomic mass is 10.0. The van der Waals surface area contributed by atoms with Gasteiger partial charge in [0.05, 0.1) is 18.7 Å². The van der Waals surface area contributed by atoms with Crippen molar-refractivity contribution >= 4 is 39.3 Å². The Hall–Kier alpha value is -1.29. The summed E-state index contributed by atoms with van der Waals surface area (Å²) in [7, 11) is -9.96. The zero-order chi connectivity index (χ0) is 26.1. The molecule has 3 amide bonds. The Kier molecular flexibility index (Phi) is 18.5. The Morgan fingerprint density at radius 1 is 1.08 bits per heavy atom. The van der Waals surface area contributed by atoms with Crippen LogP contribution in [0, 0.1) is 0 Å². The monoisotopic (exact) mass is 606 g/mol. The highest BCUT2D eigenvalue weighted by atomic mass is 32.2. The van der Waals surface area contributed by atoms with Gasteiger partial charge in [0, 0.05) is 24.0 Å². The van der Waals surface area contributed by atoms with Gasteiger partial charge >= 0.3 is 21.7 Å². The molecule has 4 atom stereocenters. The van der Waals surface area contributed by atoms with Crippen molar-refractivity contribution in [1.29, 1.82) is 0 Å². The molecule has 0 aliphatic carbocycles. The van der Waals surface area contributed by atoms with Crippen molar-refractivity contribution in [2.45, 2.75) is 69.7 Å². The van der Waals surface area contributed by atoms with E-state index in [2.05, 4.69) is 24.8 Å². The van der Waals surface area contributed by atoms with Crippen molar-refractivity contribution in [3.8, 4) is 0 Å². The van der Waals surface area contributed by atoms with Gasteiger partial charge in [0.15, 0.2) is 0 Å². The van der Waals surface area contributed by atoms with E-state index in [1.807, 2.05) is 24.8 Å². The third-order valence-corrected chi connectivity index (χ3v) is 9.22. The SMILES string of the molecule is C/C(=C\COP(=O)(O)OP(=O)(O)O)CC/C=C(\C)CNC(=O)CCCC[C@@H]1SC[C@@H]2NC(=O)N[C@@H]21.N.N.N. The minimum absolute atomic E-state index is 0. The van der Waals surface area contributed by atoms with Gasteiger partial charge in [0.2, 0.25) is 5.91 Å². The summed E-state index contributed by atoms with van der Waals surface area (Å²) in [5, 5.41) is 9.21. The molecule has 2 aliphatic rings. The summed E-state index contributed by atoms with van der Waals surface area (Å²) in [5.41, 5.74) is 1.86. The average molecular weight is 607 g/mol. The van der Waals surface area contributed by atoms with Crippen molar-refractivity contribution in [1.82, 2.24) is 34.4 Å². The third kappa shape index (κ3) is 15.3. The molecule has 0 saturated carbocycles. The van der Waals surface area contributed by atoms with Crippen LogP contribution in [0.15, 0.2) is 23.3 Å². The Bertz CT molecular complexity index is 917. The number of phosphoric ester groups is 1. The molecule has 38 heavy (non-hydrogen) atoms. The first-order chi connectivity index (χ1) is 16.3. The van der Waals surface area contributed by atoms with Gasteiger partial charge in [-0.25, -0.2) is 13.9 Å². The maximum absolute atomic E-state index is 12.1. The number of unbranched alkanes of at least 4 members (excludes halogenated alkanes) is 1. The van der Waals surface area contributed by atoms with Crippen LogP contribution in [-0.2, 0) is 22.8 Å². The zero-order valence-electron chi connectivity index (χ0n) is 22.0. The van der Waals surface area contributed by atoms with Crippen LogP contribution >= 0.6 is 27.4 Å². The van der Waals surface area contributed by atoms with E-state index in [-0.39, 0.29) is 49.1 Å². The minimum Gasteiger partial charge on any atom is -0.352 e. The molecule has 0 radical (unpaired) electrons. The van der Waals surface area contributed by atoms with Crippen LogP contribution in [0.2, 0.25) is 0 Å². The van der Waals surface area contributed by atoms with Crippen LogP contribution in [0.4, 0.5) is 4.79 Å². The van der Waals surface area contributed by atoms with Gasteiger partial charge in [-0.1, -0.05) is 29.7 Å². The van der Waals surface area contributed by atoms with Crippen molar-refractivity contribution < 1.29 is 42.2 Å². The molecule has 2 heterocycles. The van der Waals surface area contributed by atoms with Crippen molar-refractivity contribution in [3.63, 3.8) is 0 Å². The Morgan fingerprint density at radius 2 is 1.76 bits per heavy atom. The fourth-order valence-corrected chi connectivity index (χ4v) is 6.82. The number of phosphoric acid groups is 2. The molecule has 0 aromatic heterocycles. The summed E-state index contributed by atoms with van der Waals surface area (Å²) in [4.78, 5) is 49.8. The molecule has 0 bridgehead atoms. The number of fused-ring (bicyclic) bond motifs is 1. The third-order valence-electron chi connectivity index (χ3n) is 5.56. The van der Waals surface area contributed by atoms with E-state index in [1.54, 1.807) is 6.92 Å². The molecule has 15 N–H and O–H groups in total. The van der Waals surface area contributed by atoms with Crippen LogP contribution in [0.25, 0.3) is 0 Å². The second kappa shape index (κ2) is 18.1. The molecule has 15 nitrogen and oxygen atoms in total. The van der Waals surface area contributed by atoms with E-state index >= 15 is 0 Å². The summed E-state index contributed by atoms with van der Waals surface area (Å²) in [6.45, 7) is 3.84. The first kappa shape index (κ1) is 38.9. The number of nitrogens with one attached hydrogen (secondary N) is 3. The highest BCUT2D eigenvalue weighted by Gasteiger charge is 2.42. The maximum Gasteiger partial charge on any atom is 0.481 e. The van der Waals surface area contributed by atoms with Gasteiger partial charge in [-0.2, -0.15) is 16.1 Å². The van der Waals surface area contributed by atoms with E-state index in [1.165, 1.54) is 6.08 Å². The fraction of sp³-hybridized carbons (Fsp3) is 0.700. The Morgan fingerprint density at radius 3 is 2.42 bits per heavy atom. The number of urea groups is 1. The number of amides is 3. The zero-order valence-corrected chi connectivity index (χ0v) is 24.6. The molecule has 0 spiro atoms. The predicted molar refractivity (Wildman–Crippen MR) is 148 cm³/mol. The van der Waals surface area contributed by atoms with E-state index in [0.29, 0.717) is 31.1 Å². The molecular formula is C20H44N6O9P2S. The Labute approximate surface area is 227 Å². The molecule has 2 saturated heterocycles. The fourth-order valence-electron chi connectivity index (χ4n) is 3.75. The smallest absolute Gasteiger partial charge is 0.352 e. The molecule has 224 valence electrons. The predicted octanol–water partition coefficient (Wildman–Crippen LogP) is 3.21. The normalized spacial score (nSPS) is 22.6. The molecular weight excluding hydrogens is 562 g/mol. The summed E-state index contributed by atoms with van der Waals surface area (Å²) >= 11 is 1.87. The summed E-state index contributed by atoms with van der Waals surface area (Å²) < 4.78 is 30.2. The molecule has 0 aromatic carbocycles. The lowest BCUT2D eigenvalue weighted by Crippen LogP contribution is -2.36. The number of carbonyl (C=O) groups is 2. The number of rotatable bonds is 15. The van der Waals surface area contributed by atoms with E-state index < -0.39 is 15.6 Å². The maximum atomic E-state index is 12.1. The first-order valence-electron chi connectivity index (χ1n) is 11.4. The van der Waals surface area contributed by atoms with Gasteiger partial charge in [-0.05, 0) is 39.5 Å². The van der Waals surface area contributed by atoms with Crippen LogP contribution < -0.4 is 34.4 Å². The van der Waals surface area contributed by atoms with Gasteiger partial charge in [0.25, 0.3) is 0 Å². The second-order valence-electron chi connectivity index (χ2n) is 8.62. The average Bonchev–Trinajstić information content (AvgIpc) is 3.27. The number of thioether (sulfide) groups is 1. The van der Waals surface area contributed by atoms with Crippen molar-refractivity contribution in [3.05, 3.63) is 23.3 Å². The van der Waals surface area contributed by atoms with E-state index in [9.17, 15) is 23.6 Å². The molecule has 2 fully saturated rings. The minimum atomic E-state index is -5.12. The Balaban J connectivity index is 0. The topological polar surface area (TPSA) is 289 Å². The largest absolute Gasteiger partial charge is 0.481 e. The summed E-state index contributed by atoms with van der Waals surface area (Å²) in [5.74, 6) is 0.937. The van der Waals surface area contributed by atoms with Crippen LogP contribution in [0.5, 0.6) is 0 Å². The van der Waals surface area contributed by atoms with Gasteiger partial charge < -0.3 is 49.1 Å². The highest BCUT2D eigenvalue weighted by molar-refractivity contribution is 8.00. The van der Waals surface area contributed by atoms with E-state index in [0.717, 1.165) is 36.2 Å². The number of carbonyl (C=O) groups excluding carboxylic acids is 2. The van der Waals surface area contributed by atoms with Crippen LogP contribution in [-0.4, -0.2) is 62.9 Å². The second-order valence-corrected chi connectivity index (χ2v) is 12.7. The molecule has 2 rings (SSSR count). The number of hydrogen-bond donors (Lipinski definition) is 9. The molecule has 0 aromatic rings. The van der Waals surface area contributed by atoms with Crippen molar-refractivity contribution in [2.24, 2.45) is 0 Å². The summed E-state index contributed by atoms with van der Waals surface area (Å²) in [6.07, 6.45) is 8.02. The first-order valence-corrected chi connectivity index (χ1v) is 15.4. The summed E-state index contributed by atoms with van der Waals surface area (Å²) in [6, 6.07) is 0.327. The molecule has 2 aliphatic heterocycles.